The summed E-state index contributed by atoms with van der Waals surface area (Å²) in [5.41, 5.74) is -0.667. The number of halogens is 1. The van der Waals surface area contributed by atoms with E-state index >= 15 is 0 Å². The van der Waals surface area contributed by atoms with Crippen molar-refractivity contribution in [3.05, 3.63) is 67.7 Å². The van der Waals surface area contributed by atoms with Crippen LogP contribution in [0.25, 0.3) is 0 Å². The summed E-state index contributed by atoms with van der Waals surface area (Å²) < 4.78 is 20.5. The van der Waals surface area contributed by atoms with Crippen LogP contribution in [0.3, 0.4) is 0 Å². The third kappa shape index (κ3) is 6.51. The third-order valence-electron chi connectivity index (χ3n) is 12.0. The third-order valence-corrected chi connectivity index (χ3v) is 12.0. The zero-order chi connectivity index (χ0) is 36.1. The van der Waals surface area contributed by atoms with Gasteiger partial charge in [-0.25, -0.2) is 4.39 Å². The summed E-state index contributed by atoms with van der Waals surface area (Å²) in [6.45, 7) is 1.80. The van der Waals surface area contributed by atoms with Crippen molar-refractivity contribution < 1.29 is 28.3 Å². The van der Waals surface area contributed by atoms with Crippen molar-refractivity contribution in [2.75, 3.05) is 36.4 Å². The summed E-state index contributed by atoms with van der Waals surface area (Å²) in [4.78, 5) is 84.6. The zero-order valence-electron chi connectivity index (χ0n) is 29.3. The minimum absolute atomic E-state index is 0.0173. The molecule has 52 heavy (non-hydrogen) atoms. The summed E-state index contributed by atoms with van der Waals surface area (Å²) in [6, 6.07) is 2.82. The monoisotopic (exact) mass is 715 g/mol. The Morgan fingerprint density at radius 2 is 1.83 bits per heavy atom. The van der Waals surface area contributed by atoms with Gasteiger partial charge in [0.05, 0.1) is 12.5 Å². The van der Waals surface area contributed by atoms with Gasteiger partial charge in [0, 0.05) is 32.0 Å². The molecule has 6 atom stereocenters. The van der Waals surface area contributed by atoms with E-state index in [2.05, 4.69) is 22.0 Å². The van der Waals surface area contributed by atoms with E-state index in [0.717, 1.165) is 44.1 Å². The van der Waals surface area contributed by atoms with Crippen molar-refractivity contribution in [2.24, 2.45) is 17.8 Å². The Morgan fingerprint density at radius 3 is 2.58 bits per heavy atom. The van der Waals surface area contributed by atoms with Gasteiger partial charge in [0.15, 0.2) is 0 Å². The van der Waals surface area contributed by atoms with Gasteiger partial charge in [-0.05, 0) is 80.9 Å². The Labute approximate surface area is 301 Å². The lowest BCUT2D eigenvalue weighted by atomic mass is 10.0. The lowest BCUT2D eigenvalue weighted by Gasteiger charge is -2.36. The number of hydrogen-bond acceptors (Lipinski definition) is 9. The first-order valence-electron chi connectivity index (χ1n) is 19.0. The highest BCUT2D eigenvalue weighted by molar-refractivity contribution is 5.98. The van der Waals surface area contributed by atoms with E-state index in [9.17, 15) is 33.2 Å². The largest absolute Gasteiger partial charge is 0.460 e. The van der Waals surface area contributed by atoms with Crippen LogP contribution in [-0.2, 0) is 36.8 Å². The highest BCUT2D eigenvalue weighted by Crippen LogP contribution is 2.46. The number of anilines is 2. The van der Waals surface area contributed by atoms with Crippen LogP contribution in [0.4, 0.5) is 15.8 Å². The van der Waals surface area contributed by atoms with Crippen LogP contribution >= 0.6 is 0 Å². The highest BCUT2D eigenvalue weighted by Gasteiger charge is 2.61. The molecule has 0 spiro atoms. The quantitative estimate of drug-likeness (QED) is 0.212. The van der Waals surface area contributed by atoms with Gasteiger partial charge in [0.1, 0.15) is 40.9 Å². The molecule has 3 N–H and O–H groups in total. The fourth-order valence-corrected chi connectivity index (χ4v) is 8.45. The molecule has 6 aliphatic rings. The first kappa shape index (κ1) is 34.5. The van der Waals surface area contributed by atoms with Gasteiger partial charge < -0.3 is 30.5 Å². The normalized spacial score (nSPS) is 30.9. The molecule has 4 fully saturated rings. The van der Waals surface area contributed by atoms with E-state index in [4.69, 9.17) is 4.74 Å². The molecular weight excluding hydrogens is 669 g/mol. The molecule has 2 saturated carbocycles. The van der Waals surface area contributed by atoms with Crippen LogP contribution in [0.15, 0.2) is 39.9 Å². The second-order valence-electron chi connectivity index (χ2n) is 15.7. The van der Waals surface area contributed by atoms with Gasteiger partial charge in [0.2, 0.25) is 17.7 Å². The number of ether oxygens (including phenoxy) is 1. The number of nitrogens with one attached hydrogen (secondary N) is 3. The van der Waals surface area contributed by atoms with Crippen LogP contribution < -0.4 is 31.7 Å². The fraction of sp³-hybridized carbons (Fsp3) is 0.590. The Kier molecular flexibility index (Phi) is 9.15. The molecule has 3 aliphatic carbocycles. The van der Waals surface area contributed by atoms with E-state index in [1.807, 2.05) is 11.0 Å². The summed E-state index contributed by atoms with van der Waals surface area (Å²) >= 11 is 0. The smallest absolute Gasteiger partial charge is 0.309 e. The first-order valence-corrected chi connectivity index (χ1v) is 19.0. The van der Waals surface area contributed by atoms with Gasteiger partial charge in [-0.2, -0.15) is 0 Å². The molecule has 12 nitrogen and oxygen atoms in total. The van der Waals surface area contributed by atoms with Crippen molar-refractivity contribution in [1.82, 2.24) is 15.5 Å². The predicted molar refractivity (Wildman–Crippen MR) is 190 cm³/mol. The maximum Gasteiger partial charge on any atom is 0.309 e. The molecular formula is C39H46FN5O7. The van der Waals surface area contributed by atoms with E-state index < -0.39 is 58.3 Å². The number of fused-ring (bicyclic) bond motifs is 3. The molecule has 13 heteroatoms. The molecule has 3 amide bonds. The molecule has 0 radical (unpaired) electrons. The molecule has 276 valence electrons. The van der Waals surface area contributed by atoms with E-state index in [1.165, 1.54) is 11.0 Å². The molecule has 2 aromatic carbocycles. The number of rotatable bonds is 8. The lowest BCUT2D eigenvalue weighted by molar-refractivity contribution is -0.153. The molecule has 3 heterocycles. The van der Waals surface area contributed by atoms with Gasteiger partial charge in [-0.3, -0.25) is 28.8 Å². The van der Waals surface area contributed by atoms with Gasteiger partial charge >= 0.3 is 5.97 Å². The van der Waals surface area contributed by atoms with Crippen LogP contribution in [0.5, 0.6) is 0 Å². The number of carbonyl (C=O) groups is 4. The summed E-state index contributed by atoms with van der Waals surface area (Å²) in [6.07, 6.45) is 10.8. The van der Waals surface area contributed by atoms with Crippen LogP contribution in [0.2, 0.25) is 0 Å². The molecule has 8 rings (SSSR count). The Bertz CT molecular complexity index is 1880. The number of hydrogen-bond donors (Lipinski definition) is 3. The van der Waals surface area contributed by atoms with Crippen LogP contribution in [-0.4, -0.2) is 78.5 Å². The van der Waals surface area contributed by atoms with E-state index in [1.54, 1.807) is 12.1 Å². The Balaban J connectivity index is 1.05. The zero-order valence-corrected chi connectivity index (χ0v) is 29.3. The Morgan fingerprint density at radius 1 is 1.00 bits per heavy atom. The predicted octanol–water partition coefficient (Wildman–Crippen LogP) is 2.26. The van der Waals surface area contributed by atoms with Crippen LogP contribution in [0, 0.1) is 23.6 Å². The minimum atomic E-state index is -1.14. The van der Waals surface area contributed by atoms with Crippen molar-refractivity contribution in [3.8, 4) is 0 Å². The molecule has 2 aromatic rings. The highest BCUT2D eigenvalue weighted by atomic mass is 19.1. The summed E-state index contributed by atoms with van der Waals surface area (Å²) in [7, 11) is 0. The number of allylic oxidation sites excluding steroid dienone is 1. The van der Waals surface area contributed by atoms with Gasteiger partial charge in [-0.15, -0.1) is 0 Å². The average molecular weight is 716 g/mol. The molecule has 1 unspecified atom stereocenters. The maximum absolute atomic E-state index is 14.6. The second kappa shape index (κ2) is 13.8. The minimum Gasteiger partial charge on any atom is -0.460 e. The molecule has 3 aliphatic heterocycles. The fourth-order valence-electron chi connectivity index (χ4n) is 8.45. The Hall–Kier alpha value is -4.55. The van der Waals surface area contributed by atoms with Crippen molar-refractivity contribution in [3.63, 3.8) is 0 Å². The summed E-state index contributed by atoms with van der Waals surface area (Å²) in [5.74, 6) is -2.39. The maximum atomic E-state index is 14.6. The number of amides is 3. The SMILES string of the molecule is O=C(O[C@@H]1C[C@H]2C(=O)N[C@]3(C(=O)NCC4CC4)C[C@H]3/C=C\CCCCC[C@H](Nc3c(N4CCC4)c(=O)c3=O)C(=O)N2C1)C1Cc2cccc(F)c2C1. The number of carbonyl (C=O) groups excluding carboxylic acids is 4. The standard InChI is InChI=1S/C39H46FN5O7/c40-28-10-6-8-23-16-24(17-27(23)28)37(50)52-26-18-30-35(48)43-39(38(51)41-20-22-12-13-22)19-25(39)9-4-2-1-3-5-11-29(36(49)45(30)21-26)42-31-32(34(47)33(31)46)44-14-7-15-44/h4,6,8-10,22,24-26,29-30,42H,1-3,5,7,11-21H2,(H,41,51)(H,43,48)/b9-4-/t24?,25-,26-,29+,30+,39-/m1/s1. The van der Waals surface area contributed by atoms with Crippen LogP contribution in [0.1, 0.15) is 75.3 Å². The van der Waals surface area contributed by atoms with Crippen molar-refractivity contribution in [2.45, 2.75) is 101 Å². The molecule has 2 saturated heterocycles. The topological polar surface area (TPSA) is 154 Å². The first-order chi connectivity index (χ1) is 25.1. The second-order valence-corrected chi connectivity index (χ2v) is 15.7. The average Bonchev–Trinajstić information content (AvgIpc) is 3.97. The molecule has 0 aromatic heterocycles. The van der Waals surface area contributed by atoms with E-state index in [0.29, 0.717) is 62.5 Å². The number of benzene rings is 1. The van der Waals surface area contributed by atoms with Gasteiger partial charge in [-0.1, -0.05) is 37.1 Å². The van der Waals surface area contributed by atoms with Crippen molar-refractivity contribution >= 4 is 35.1 Å². The summed E-state index contributed by atoms with van der Waals surface area (Å²) in [5, 5.41) is 9.19. The van der Waals surface area contributed by atoms with Gasteiger partial charge in [0.25, 0.3) is 10.9 Å². The number of nitrogens with zero attached hydrogens (tertiary/aromatic N) is 2. The number of esters is 1. The molecule has 0 bridgehead atoms. The lowest BCUT2D eigenvalue weighted by Crippen LogP contribution is -2.57. The van der Waals surface area contributed by atoms with E-state index in [-0.39, 0.29) is 42.7 Å². The van der Waals surface area contributed by atoms with Crippen molar-refractivity contribution in [1.29, 1.82) is 0 Å².